The number of rotatable bonds is 4. The molecule has 0 aromatic heterocycles. The molecule has 1 rings (SSSR count). The van der Waals surface area contributed by atoms with E-state index in [1.807, 2.05) is 32.9 Å². The summed E-state index contributed by atoms with van der Waals surface area (Å²) in [5.41, 5.74) is 8.51. The Labute approximate surface area is 95.0 Å². The predicted octanol–water partition coefficient (Wildman–Crippen LogP) is 1.40. The van der Waals surface area contributed by atoms with Gasteiger partial charge in [0.25, 0.3) is 0 Å². The zero-order valence-corrected chi connectivity index (χ0v) is 9.78. The molecule has 1 atom stereocenters. The molecule has 16 heavy (non-hydrogen) atoms. The monoisotopic (exact) mass is 223 g/mol. The third kappa shape index (κ3) is 2.73. The summed E-state index contributed by atoms with van der Waals surface area (Å²) >= 11 is 0. The summed E-state index contributed by atoms with van der Waals surface area (Å²) in [6, 6.07) is 2.97. The van der Waals surface area contributed by atoms with Gasteiger partial charge in [-0.05, 0) is 37.5 Å². The Morgan fingerprint density at radius 1 is 1.38 bits per heavy atom. The van der Waals surface area contributed by atoms with Crippen LogP contribution in [0.5, 0.6) is 5.75 Å². The number of nitrogens with two attached hydrogens (primary N) is 1. The molecule has 88 valence electrons. The lowest BCUT2D eigenvalue weighted by atomic mass is 10.1. The predicted molar refractivity (Wildman–Crippen MR) is 61.8 cm³/mol. The highest BCUT2D eigenvalue weighted by Crippen LogP contribution is 2.25. The quantitative estimate of drug-likeness (QED) is 0.809. The molecule has 4 heteroatoms. The number of hydrogen-bond acceptors (Lipinski definition) is 3. The van der Waals surface area contributed by atoms with Crippen LogP contribution >= 0.6 is 0 Å². The number of ether oxygens (including phenoxy) is 1. The van der Waals surface area contributed by atoms with Gasteiger partial charge >= 0.3 is 5.97 Å². The van der Waals surface area contributed by atoms with Gasteiger partial charge in [0.15, 0.2) is 0 Å². The fourth-order valence-electron chi connectivity index (χ4n) is 1.39. The molecule has 4 nitrogen and oxygen atoms in total. The standard InChI is InChI=1S/C12H17NO3/c1-7-4-5-8(2)11(9(7)3)16-6-10(13)12(14)15/h4-5,10H,6,13H2,1-3H3,(H,14,15)/t10-/m0/s1. The Morgan fingerprint density at radius 3 is 2.50 bits per heavy atom. The van der Waals surface area contributed by atoms with Crippen LogP contribution in [0.2, 0.25) is 0 Å². The summed E-state index contributed by atoms with van der Waals surface area (Å²) < 4.78 is 5.47. The SMILES string of the molecule is Cc1ccc(C)c(OC[C@H](N)C(=O)O)c1C. The average molecular weight is 223 g/mol. The number of carboxylic acid groups (broad SMARTS) is 1. The van der Waals surface area contributed by atoms with Gasteiger partial charge in [-0.15, -0.1) is 0 Å². The number of carbonyl (C=O) groups is 1. The molecule has 0 bridgehead atoms. The van der Waals surface area contributed by atoms with Gasteiger partial charge in [-0.1, -0.05) is 12.1 Å². The average Bonchev–Trinajstić information content (AvgIpc) is 2.23. The second-order valence-corrected chi connectivity index (χ2v) is 3.91. The lowest BCUT2D eigenvalue weighted by molar-refractivity contribution is -0.139. The van der Waals surface area contributed by atoms with Crippen LogP contribution in [0.4, 0.5) is 0 Å². The van der Waals surface area contributed by atoms with Crippen molar-refractivity contribution in [1.82, 2.24) is 0 Å². The summed E-state index contributed by atoms with van der Waals surface area (Å²) in [7, 11) is 0. The smallest absolute Gasteiger partial charge is 0.324 e. The van der Waals surface area contributed by atoms with E-state index in [0.29, 0.717) is 0 Å². The topological polar surface area (TPSA) is 72.5 Å². The van der Waals surface area contributed by atoms with Crippen LogP contribution in [-0.4, -0.2) is 23.7 Å². The van der Waals surface area contributed by atoms with E-state index in [0.717, 1.165) is 22.4 Å². The van der Waals surface area contributed by atoms with Crippen molar-refractivity contribution in [3.05, 3.63) is 28.8 Å². The molecule has 1 aromatic carbocycles. The third-order valence-electron chi connectivity index (χ3n) is 2.60. The number of hydrogen-bond donors (Lipinski definition) is 2. The van der Waals surface area contributed by atoms with Crippen molar-refractivity contribution >= 4 is 5.97 Å². The van der Waals surface area contributed by atoms with Crippen molar-refractivity contribution in [2.24, 2.45) is 5.73 Å². The molecular weight excluding hydrogens is 206 g/mol. The highest BCUT2D eigenvalue weighted by atomic mass is 16.5. The minimum atomic E-state index is -1.05. The number of aliphatic carboxylic acids is 1. The fraction of sp³-hybridized carbons (Fsp3) is 0.417. The van der Waals surface area contributed by atoms with Crippen LogP contribution < -0.4 is 10.5 Å². The van der Waals surface area contributed by atoms with E-state index in [2.05, 4.69) is 0 Å². The highest BCUT2D eigenvalue weighted by molar-refractivity contribution is 5.73. The van der Waals surface area contributed by atoms with Gasteiger partial charge in [0.1, 0.15) is 18.4 Å². The van der Waals surface area contributed by atoms with Crippen molar-refractivity contribution in [3.8, 4) is 5.75 Å². The van der Waals surface area contributed by atoms with E-state index < -0.39 is 12.0 Å². The molecule has 0 aliphatic rings. The Bertz CT molecular complexity index is 401. The van der Waals surface area contributed by atoms with Crippen molar-refractivity contribution in [2.45, 2.75) is 26.8 Å². The minimum Gasteiger partial charge on any atom is -0.491 e. The minimum absolute atomic E-state index is 0.0134. The molecular formula is C12H17NO3. The van der Waals surface area contributed by atoms with Gasteiger partial charge in [0.2, 0.25) is 0 Å². The van der Waals surface area contributed by atoms with Crippen molar-refractivity contribution in [1.29, 1.82) is 0 Å². The first-order valence-electron chi connectivity index (χ1n) is 5.11. The number of carboxylic acids is 1. The molecule has 0 spiro atoms. The van der Waals surface area contributed by atoms with Crippen LogP contribution in [-0.2, 0) is 4.79 Å². The van der Waals surface area contributed by atoms with E-state index in [9.17, 15) is 4.79 Å². The number of aryl methyl sites for hydroxylation is 2. The fourth-order valence-corrected chi connectivity index (χ4v) is 1.39. The van der Waals surface area contributed by atoms with Crippen molar-refractivity contribution in [3.63, 3.8) is 0 Å². The zero-order chi connectivity index (χ0) is 12.3. The lowest BCUT2D eigenvalue weighted by Gasteiger charge is -2.15. The normalized spacial score (nSPS) is 12.2. The van der Waals surface area contributed by atoms with Crippen LogP contribution in [0, 0.1) is 20.8 Å². The van der Waals surface area contributed by atoms with Crippen molar-refractivity contribution < 1.29 is 14.6 Å². The summed E-state index contributed by atoms with van der Waals surface area (Å²) in [5, 5.41) is 8.65. The number of benzene rings is 1. The molecule has 1 aromatic rings. The van der Waals surface area contributed by atoms with Gasteiger partial charge in [0.05, 0.1) is 0 Å². The molecule has 0 aliphatic carbocycles. The Morgan fingerprint density at radius 2 is 1.94 bits per heavy atom. The van der Waals surface area contributed by atoms with Crippen LogP contribution in [0.15, 0.2) is 12.1 Å². The second-order valence-electron chi connectivity index (χ2n) is 3.91. The first-order chi connectivity index (χ1) is 7.43. The summed E-state index contributed by atoms with van der Waals surface area (Å²) in [6.45, 7) is 5.84. The third-order valence-corrected chi connectivity index (χ3v) is 2.60. The molecule has 3 N–H and O–H groups in total. The second kappa shape index (κ2) is 4.99. The largest absolute Gasteiger partial charge is 0.491 e. The van der Waals surface area contributed by atoms with Crippen LogP contribution in [0.3, 0.4) is 0 Å². The first-order valence-corrected chi connectivity index (χ1v) is 5.11. The Balaban J connectivity index is 2.81. The van der Waals surface area contributed by atoms with Crippen LogP contribution in [0.1, 0.15) is 16.7 Å². The highest BCUT2D eigenvalue weighted by Gasteiger charge is 2.14. The molecule has 0 heterocycles. The summed E-state index contributed by atoms with van der Waals surface area (Å²) in [5.74, 6) is -0.320. The summed E-state index contributed by atoms with van der Waals surface area (Å²) in [4.78, 5) is 10.6. The van der Waals surface area contributed by atoms with Gasteiger partial charge in [-0.25, -0.2) is 0 Å². The van der Waals surface area contributed by atoms with E-state index in [1.165, 1.54) is 0 Å². The molecule has 0 unspecified atom stereocenters. The van der Waals surface area contributed by atoms with Gasteiger partial charge in [-0.2, -0.15) is 0 Å². The molecule has 0 aliphatic heterocycles. The molecule has 0 amide bonds. The Kier molecular flexibility index (Phi) is 3.90. The van der Waals surface area contributed by atoms with Crippen molar-refractivity contribution in [2.75, 3.05) is 6.61 Å². The zero-order valence-electron chi connectivity index (χ0n) is 9.78. The Hall–Kier alpha value is -1.55. The van der Waals surface area contributed by atoms with Gasteiger partial charge < -0.3 is 15.6 Å². The molecule has 0 radical (unpaired) electrons. The summed E-state index contributed by atoms with van der Waals surface area (Å²) in [6.07, 6.45) is 0. The maximum Gasteiger partial charge on any atom is 0.324 e. The van der Waals surface area contributed by atoms with E-state index in [-0.39, 0.29) is 6.61 Å². The molecule has 0 fully saturated rings. The maximum absolute atomic E-state index is 10.6. The van der Waals surface area contributed by atoms with Gasteiger partial charge in [-0.3, -0.25) is 4.79 Å². The van der Waals surface area contributed by atoms with E-state index in [4.69, 9.17) is 15.6 Å². The lowest BCUT2D eigenvalue weighted by Crippen LogP contribution is -2.36. The van der Waals surface area contributed by atoms with Crippen LogP contribution in [0.25, 0.3) is 0 Å². The first kappa shape index (κ1) is 12.5. The van der Waals surface area contributed by atoms with E-state index >= 15 is 0 Å². The maximum atomic E-state index is 10.6. The molecule has 0 saturated heterocycles. The van der Waals surface area contributed by atoms with Gasteiger partial charge in [0, 0.05) is 0 Å². The molecule has 0 saturated carbocycles. The van der Waals surface area contributed by atoms with E-state index in [1.54, 1.807) is 0 Å².